The Hall–Kier alpha value is -3.21. The number of carbonyl (C=O) groups is 1. The van der Waals surface area contributed by atoms with Crippen molar-refractivity contribution in [2.45, 2.75) is 0 Å². The summed E-state index contributed by atoms with van der Waals surface area (Å²) in [5, 5.41) is 4.20. The van der Waals surface area contributed by atoms with Crippen molar-refractivity contribution in [3.63, 3.8) is 0 Å². The molecule has 0 atom stereocenters. The second-order valence-corrected chi connectivity index (χ2v) is 7.49. The van der Waals surface area contributed by atoms with Crippen LogP contribution in [-0.2, 0) is 0 Å². The second kappa shape index (κ2) is 8.66. The molecule has 0 unspecified atom stereocenters. The van der Waals surface area contributed by atoms with Crippen LogP contribution in [0, 0.1) is 0 Å². The normalized spacial score (nSPS) is 10.6. The van der Waals surface area contributed by atoms with Crippen LogP contribution in [0.3, 0.4) is 0 Å². The fourth-order valence-electron chi connectivity index (χ4n) is 3.21. The van der Waals surface area contributed by atoms with E-state index < -0.39 is 0 Å². The molecule has 1 amide bonds. The Morgan fingerprint density at radius 3 is 2.03 bits per heavy atom. The van der Waals surface area contributed by atoms with Crippen LogP contribution in [0.1, 0.15) is 10.4 Å². The summed E-state index contributed by atoms with van der Waals surface area (Å²) in [7, 11) is 1.62. The van der Waals surface area contributed by atoms with Crippen molar-refractivity contribution >= 4 is 34.8 Å². The van der Waals surface area contributed by atoms with E-state index >= 15 is 0 Å². The number of aromatic nitrogens is 1. The Morgan fingerprint density at radius 1 is 0.833 bits per heavy atom. The average molecular weight is 437 g/mol. The lowest BCUT2D eigenvalue weighted by Crippen LogP contribution is -2.13. The van der Waals surface area contributed by atoms with E-state index in [9.17, 15) is 4.79 Å². The molecule has 0 aliphatic rings. The number of rotatable bonds is 5. The van der Waals surface area contributed by atoms with Crippen LogP contribution in [0.15, 0.2) is 85.1 Å². The Kier molecular flexibility index (Phi) is 5.79. The zero-order valence-electron chi connectivity index (χ0n) is 16.1. The van der Waals surface area contributed by atoms with Crippen LogP contribution in [0.4, 0.5) is 5.69 Å². The molecule has 0 bridgehead atoms. The van der Waals surface area contributed by atoms with Crippen molar-refractivity contribution in [1.29, 1.82) is 0 Å². The van der Waals surface area contributed by atoms with E-state index in [1.807, 2.05) is 59.3 Å². The van der Waals surface area contributed by atoms with E-state index in [4.69, 9.17) is 27.9 Å². The second-order valence-electron chi connectivity index (χ2n) is 6.61. The van der Waals surface area contributed by atoms with Crippen molar-refractivity contribution in [2.75, 3.05) is 12.4 Å². The molecule has 6 heteroatoms. The Labute approximate surface area is 184 Å². The van der Waals surface area contributed by atoms with E-state index in [1.54, 1.807) is 37.4 Å². The summed E-state index contributed by atoms with van der Waals surface area (Å²) in [5.74, 6) is 0.534. The molecule has 0 saturated heterocycles. The molecule has 0 aliphatic carbocycles. The van der Waals surface area contributed by atoms with Crippen LogP contribution in [0.5, 0.6) is 5.75 Å². The fourth-order valence-corrected chi connectivity index (χ4v) is 3.46. The summed E-state index contributed by atoms with van der Waals surface area (Å²) in [6, 6.07) is 23.9. The Morgan fingerprint density at radius 2 is 1.43 bits per heavy atom. The molecule has 0 radical (unpaired) electrons. The summed E-state index contributed by atoms with van der Waals surface area (Å²) in [5.41, 5.74) is 3.77. The molecule has 150 valence electrons. The molecule has 0 fully saturated rings. The first kappa shape index (κ1) is 20.1. The van der Waals surface area contributed by atoms with Gasteiger partial charge in [-0.2, -0.15) is 0 Å². The predicted molar refractivity (Wildman–Crippen MR) is 122 cm³/mol. The maximum Gasteiger partial charge on any atom is 0.257 e. The first-order chi connectivity index (χ1) is 14.5. The van der Waals surface area contributed by atoms with Gasteiger partial charge in [0, 0.05) is 27.6 Å². The van der Waals surface area contributed by atoms with E-state index in [1.165, 1.54) is 0 Å². The topological polar surface area (TPSA) is 43.3 Å². The van der Waals surface area contributed by atoms with Crippen molar-refractivity contribution < 1.29 is 9.53 Å². The summed E-state index contributed by atoms with van der Waals surface area (Å²) in [6.45, 7) is 0. The van der Waals surface area contributed by atoms with Gasteiger partial charge in [0.1, 0.15) is 5.75 Å². The molecular weight excluding hydrogens is 419 g/mol. The smallest absolute Gasteiger partial charge is 0.257 e. The van der Waals surface area contributed by atoms with Crippen molar-refractivity contribution in [3.05, 3.63) is 101 Å². The van der Waals surface area contributed by atoms with Crippen molar-refractivity contribution in [3.8, 4) is 22.7 Å². The molecule has 3 aromatic carbocycles. The maximum atomic E-state index is 13.1. The Bertz CT molecular complexity index is 1170. The van der Waals surface area contributed by atoms with Gasteiger partial charge in [-0.1, -0.05) is 23.2 Å². The van der Waals surface area contributed by atoms with Gasteiger partial charge in [-0.15, -0.1) is 0 Å². The number of benzene rings is 3. The molecule has 1 aromatic heterocycles. The van der Waals surface area contributed by atoms with Gasteiger partial charge in [-0.3, -0.25) is 4.79 Å². The van der Waals surface area contributed by atoms with Gasteiger partial charge in [0.25, 0.3) is 5.91 Å². The number of nitrogens with zero attached hydrogens (tertiary/aromatic N) is 1. The number of hydrogen-bond acceptors (Lipinski definition) is 2. The third-order valence-electron chi connectivity index (χ3n) is 4.70. The lowest BCUT2D eigenvalue weighted by atomic mass is 10.1. The Balaban J connectivity index is 1.78. The monoisotopic (exact) mass is 436 g/mol. The molecule has 30 heavy (non-hydrogen) atoms. The van der Waals surface area contributed by atoms with Gasteiger partial charge in [-0.05, 0) is 84.4 Å². The number of anilines is 1. The lowest BCUT2D eigenvalue weighted by molar-refractivity contribution is 0.102. The van der Waals surface area contributed by atoms with Crippen molar-refractivity contribution in [2.24, 2.45) is 0 Å². The minimum Gasteiger partial charge on any atom is -0.497 e. The molecular formula is C24H18Cl2N2O2. The quantitative estimate of drug-likeness (QED) is 0.377. The van der Waals surface area contributed by atoms with Gasteiger partial charge in [0.2, 0.25) is 0 Å². The van der Waals surface area contributed by atoms with Gasteiger partial charge in [-0.25, -0.2) is 0 Å². The number of ether oxygens (including phenoxy) is 1. The number of carbonyl (C=O) groups excluding carboxylic acids is 1. The molecule has 1 N–H and O–H groups in total. The summed E-state index contributed by atoms with van der Waals surface area (Å²) in [6.07, 6.45) is 1.87. The SMILES string of the molecule is COc1ccc(-c2c(C(=O)Nc3ccc(Cl)cc3)ccn2-c2ccc(Cl)cc2)cc1. The van der Waals surface area contributed by atoms with E-state index in [0.717, 1.165) is 22.7 Å². The first-order valence-electron chi connectivity index (χ1n) is 9.24. The van der Waals surface area contributed by atoms with Gasteiger partial charge in [0.05, 0.1) is 18.4 Å². The molecule has 0 aliphatic heterocycles. The third-order valence-corrected chi connectivity index (χ3v) is 5.21. The number of methoxy groups -OCH3 is 1. The number of amides is 1. The average Bonchev–Trinajstić information content (AvgIpc) is 3.21. The first-order valence-corrected chi connectivity index (χ1v) is 9.99. The maximum absolute atomic E-state index is 13.1. The number of nitrogens with one attached hydrogen (secondary N) is 1. The zero-order chi connectivity index (χ0) is 21.1. The van der Waals surface area contributed by atoms with Crippen LogP contribution in [0.2, 0.25) is 10.0 Å². The molecule has 4 aromatic rings. The minimum atomic E-state index is -0.212. The van der Waals surface area contributed by atoms with E-state index in [-0.39, 0.29) is 5.91 Å². The number of halogens is 2. The molecule has 1 heterocycles. The predicted octanol–water partition coefficient (Wildman–Crippen LogP) is 6.71. The van der Waals surface area contributed by atoms with E-state index in [2.05, 4.69) is 5.32 Å². The highest BCUT2D eigenvalue weighted by Crippen LogP contribution is 2.31. The standard InChI is InChI=1S/C24H18Cl2N2O2/c1-30-21-12-2-16(3-13-21)23-22(24(29)27-19-8-4-17(25)5-9-19)14-15-28(23)20-10-6-18(26)7-11-20/h2-15H,1H3,(H,27,29). The third kappa shape index (κ3) is 4.20. The molecule has 0 spiro atoms. The van der Waals surface area contributed by atoms with Gasteiger partial charge < -0.3 is 14.6 Å². The molecule has 4 rings (SSSR count). The fraction of sp³-hybridized carbons (Fsp3) is 0.0417. The minimum absolute atomic E-state index is 0.212. The highest BCUT2D eigenvalue weighted by Gasteiger charge is 2.19. The number of hydrogen-bond donors (Lipinski definition) is 1. The summed E-state index contributed by atoms with van der Waals surface area (Å²) in [4.78, 5) is 13.1. The highest BCUT2D eigenvalue weighted by molar-refractivity contribution is 6.31. The van der Waals surface area contributed by atoms with E-state index in [0.29, 0.717) is 21.3 Å². The largest absolute Gasteiger partial charge is 0.497 e. The van der Waals surface area contributed by atoms with Crippen LogP contribution in [0.25, 0.3) is 16.9 Å². The van der Waals surface area contributed by atoms with Crippen LogP contribution >= 0.6 is 23.2 Å². The van der Waals surface area contributed by atoms with Crippen molar-refractivity contribution in [1.82, 2.24) is 4.57 Å². The summed E-state index contributed by atoms with van der Waals surface area (Å²) >= 11 is 12.0. The van der Waals surface area contributed by atoms with Gasteiger partial charge in [0.15, 0.2) is 0 Å². The zero-order valence-corrected chi connectivity index (χ0v) is 17.6. The molecule has 4 nitrogen and oxygen atoms in total. The van der Waals surface area contributed by atoms with Gasteiger partial charge >= 0.3 is 0 Å². The van der Waals surface area contributed by atoms with Crippen LogP contribution in [-0.4, -0.2) is 17.6 Å². The van der Waals surface area contributed by atoms with Crippen LogP contribution < -0.4 is 10.1 Å². The highest BCUT2D eigenvalue weighted by atomic mass is 35.5. The molecule has 0 saturated carbocycles. The lowest BCUT2D eigenvalue weighted by Gasteiger charge is -2.13. The summed E-state index contributed by atoms with van der Waals surface area (Å²) < 4.78 is 7.24.